The number of hydroxylamine groups is 1. The van der Waals surface area contributed by atoms with Crippen LogP contribution in [0.5, 0.6) is 5.75 Å². The Labute approximate surface area is 161 Å². The molecule has 0 fully saturated rings. The van der Waals surface area contributed by atoms with E-state index in [1.54, 1.807) is 0 Å². The highest BCUT2D eigenvalue weighted by Crippen LogP contribution is 2.21. The zero-order valence-electron chi connectivity index (χ0n) is 14.8. The number of alkyl halides is 1. The van der Waals surface area contributed by atoms with Crippen molar-refractivity contribution in [3.63, 3.8) is 0 Å². The van der Waals surface area contributed by atoms with Crippen LogP contribution < -0.4 is 10.2 Å². The molecule has 0 saturated carbocycles. The van der Waals surface area contributed by atoms with Crippen molar-refractivity contribution in [3.8, 4) is 5.75 Å². The largest absolute Gasteiger partial charge is 0.493 e. The van der Waals surface area contributed by atoms with Gasteiger partial charge >= 0.3 is 0 Å². The molecule has 0 saturated heterocycles. The lowest BCUT2D eigenvalue weighted by Crippen LogP contribution is -2.39. The van der Waals surface area contributed by atoms with E-state index < -0.39 is 35.0 Å². The number of nitrogens with one attached hydrogen (secondary N) is 1. The summed E-state index contributed by atoms with van der Waals surface area (Å²) in [4.78, 5) is 11.5. The van der Waals surface area contributed by atoms with E-state index in [1.807, 2.05) is 0 Å². The number of hydrogen-bond acceptors (Lipinski definition) is 5. The van der Waals surface area contributed by atoms with Gasteiger partial charge in [0.05, 0.1) is 24.7 Å². The molecule has 10 heteroatoms. The van der Waals surface area contributed by atoms with Crippen molar-refractivity contribution in [2.75, 3.05) is 19.8 Å². The van der Waals surface area contributed by atoms with Crippen LogP contribution in [0.15, 0.2) is 53.4 Å². The second kappa shape index (κ2) is 10.1. The molecule has 7 nitrogen and oxygen atoms in total. The number of rotatable bonds is 10. The molecule has 0 aliphatic carbocycles. The summed E-state index contributed by atoms with van der Waals surface area (Å²) in [5.41, 5.74) is 1.86. The zero-order valence-corrected chi connectivity index (χ0v) is 15.7. The summed E-state index contributed by atoms with van der Waals surface area (Å²) < 4.78 is 57.2. The number of amides is 1. The molecule has 0 aromatic heterocycles. The lowest BCUT2D eigenvalue weighted by atomic mass is 10.2. The minimum atomic E-state index is -4.10. The Balaban J connectivity index is 2.23. The van der Waals surface area contributed by atoms with Crippen molar-refractivity contribution in [2.45, 2.75) is 17.9 Å². The molecular weight excluding hydrogens is 394 g/mol. The fourth-order valence-electron chi connectivity index (χ4n) is 2.32. The van der Waals surface area contributed by atoms with Crippen LogP contribution in [0.4, 0.5) is 8.78 Å². The first-order valence-electron chi connectivity index (χ1n) is 8.33. The fourth-order valence-corrected chi connectivity index (χ4v) is 3.70. The summed E-state index contributed by atoms with van der Waals surface area (Å²) in [5, 5.41) is 8.75. The fraction of sp³-hybridized carbons (Fsp3) is 0.278. The van der Waals surface area contributed by atoms with E-state index in [2.05, 4.69) is 0 Å². The number of ether oxygens (including phenoxy) is 1. The first-order valence-corrected chi connectivity index (χ1v) is 9.77. The second-order valence-corrected chi connectivity index (χ2v) is 7.73. The van der Waals surface area contributed by atoms with E-state index in [-0.39, 0.29) is 24.5 Å². The first kappa shape index (κ1) is 21.7. The average molecular weight is 414 g/mol. The number of hydrogen-bond donors (Lipinski definition) is 2. The Bertz CT molecular complexity index is 874. The summed E-state index contributed by atoms with van der Waals surface area (Å²) in [6, 6.07) is 10.6. The Kier molecular flexibility index (Phi) is 7.85. The Morgan fingerprint density at radius 3 is 2.32 bits per heavy atom. The van der Waals surface area contributed by atoms with Gasteiger partial charge < -0.3 is 4.74 Å². The number of sulfonamides is 1. The highest BCUT2D eigenvalue weighted by molar-refractivity contribution is 7.89. The molecule has 2 aromatic carbocycles. The van der Waals surface area contributed by atoms with Gasteiger partial charge in [0.15, 0.2) is 0 Å². The number of carbonyl (C=O) groups is 1. The first-order chi connectivity index (χ1) is 13.4. The van der Waals surface area contributed by atoms with E-state index in [0.29, 0.717) is 11.3 Å². The third-order valence-corrected chi connectivity index (χ3v) is 5.53. The van der Waals surface area contributed by atoms with E-state index in [1.165, 1.54) is 54.0 Å². The van der Waals surface area contributed by atoms with Gasteiger partial charge in [-0.15, -0.1) is 0 Å². The van der Waals surface area contributed by atoms with Gasteiger partial charge in [-0.25, -0.2) is 18.3 Å². The van der Waals surface area contributed by atoms with Crippen molar-refractivity contribution in [1.82, 2.24) is 9.79 Å². The van der Waals surface area contributed by atoms with Gasteiger partial charge in [-0.05, 0) is 42.0 Å². The van der Waals surface area contributed by atoms with Gasteiger partial charge in [0.25, 0.3) is 5.91 Å². The molecular formula is C18H20F2N2O5S. The number of carbonyl (C=O) groups excluding carboxylic acids is 1. The van der Waals surface area contributed by atoms with Crippen LogP contribution >= 0.6 is 0 Å². The third kappa shape index (κ3) is 5.98. The average Bonchev–Trinajstić information content (AvgIpc) is 2.69. The third-order valence-electron chi connectivity index (χ3n) is 3.73. The molecule has 0 spiro atoms. The summed E-state index contributed by atoms with van der Waals surface area (Å²) in [5.74, 6) is -1.02. The molecule has 2 N–H and O–H groups in total. The second-order valence-electron chi connectivity index (χ2n) is 5.80. The smallest absolute Gasteiger partial charge is 0.258 e. The van der Waals surface area contributed by atoms with Crippen molar-refractivity contribution in [1.29, 1.82) is 0 Å². The molecule has 2 rings (SSSR count). The molecule has 1 amide bonds. The van der Waals surface area contributed by atoms with E-state index in [0.717, 1.165) is 4.31 Å². The van der Waals surface area contributed by atoms with Crippen LogP contribution in [0.1, 0.15) is 12.0 Å². The molecule has 0 bridgehead atoms. The predicted molar refractivity (Wildman–Crippen MR) is 96.5 cm³/mol. The minimum Gasteiger partial charge on any atom is -0.493 e. The molecule has 0 atom stereocenters. The van der Waals surface area contributed by atoms with Crippen molar-refractivity contribution < 1.29 is 31.9 Å². The minimum absolute atomic E-state index is 0.0989. The van der Waals surface area contributed by atoms with Crippen molar-refractivity contribution >= 4 is 15.9 Å². The van der Waals surface area contributed by atoms with Gasteiger partial charge in [-0.2, -0.15) is 4.31 Å². The van der Waals surface area contributed by atoms with Gasteiger partial charge in [0, 0.05) is 13.0 Å². The Morgan fingerprint density at radius 1 is 1.11 bits per heavy atom. The highest BCUT2D eigenvalue weighted by Gasteiger charge is 2.27. The molecule has 28 heavy (non-hydrogen) atoms. The predicted octanol–water partition coefficient (Wildman–Crippen LogP) is 2.26. The SMILES string of the molecule is O=C(CN(Cc1ccc(F)cc1)S(=O)(=O)c1ccc(OCCCF)cc1)NO. The standard InChI is InChI=1S/C18H20F2N2O5S/c19-10-1-11-27-16-6-8-17(9-7-16)28(25,26)22(13-18(23)21-24)12-14-2-4-15(20)5-3-14/h2-9,24H,1,10-13H2,(H,21,23). The number of halogens is 2. The van der Waals surface area contributed by atoms with Gasteiger partial charge in [0.2, 0.25) is 10.0 Å². The summed E-state index contributed by atoms with van der Waals surface area (Å²) in [7, 11) is -4.10. The topological polar surface area (TPSA) is 95.9 Å². The lowest BCUT2D eigenvalue weighted by molar-refractivity contribution is -0.129. The van der Waals surface area contributed by atoms with Crippen molar-refractivity contribution in [2.24, 2.45) is 0 Å². The van der Waals surface area contributed by atoms with Crippen LogP contribution in [0.25, 0.3) is 0 Å². The maximum atomic E-state index is 13.1. The molecule has 0 heterocycles. The molecule has 152 valence electrons. The summed E-state index contributed by atoms with van der Waals surface area (Å²) >= 11 is 0. The monoisotopic (exact) mass is 414 g/mol. The zero-order chi connectivity index (χ0) is 20.6. The quantitative estimate of drug-likeness (QED) is 0.353. The van der Waals surface area contributed by atoms with E-state index in [9.17, 15) is 22.0 Å². The van der Waals surface area contributed by atoms with Gasteiger partial charge in [-0.3, -0.25) is 14.4 Å². The van der Waals surface area contributed by atoms with Gasteiger partial charge in [-0.1, -0.05) is 12.1 Å². The van der Waals surface area contributed by atoms with Crippen LogP contribution in [-0.4, -0.2) is 43.7 Å². The maximum absolute atomic E-state index is 13.1. The summed E-state index contributed by atoms with van der Waals surface area (Å²) in [6.45, 7) is -1.19. The Morgan fingerprint density at radius 2 is 1.75 bits per heavy atom. The lowest BCUT2D eigenvalue weighted by Gasteiger charge is -2.21. The van der Waals surface area contributed by atoms with Crippen LogP contribution in [0.2, 0.25) is 0 Å². The molecule has 0 radical (unpaired) electrons. The maximum Gasteiger partial charge on any atom is 0.258 e. The van der Waals surface area contributed by atoms with Crippen LogP contribution in [-0.2, 0) is 21.4 Å². The molecule has 0 aliphatic rings. The Hall–Kier alpha value is -2.56. The normalized spacial score (nSPS) is 11.4. The molecule has 0 unspecified atom stereocenters. The van der Waals surface area contributed by atoms with E-state index in [4.69, 9.17) is 9.94 Å². The van der Waals surface area contributed by atoms with Crippen LogP contribution in [0.3, 0.4) is 0 Å². The van der Waals surface area contributed by atoms with Gasteiger partial charge in [0.1, 0.15) is 11.6 Å². The number of nitrogens with zero attached hydrogens (tertiary/aromatic N) is 1. The summed E-state index contributed by atoms with van der Waals surface area (Å²) in [6.07, 6.45) is 0.224. The van der Waals surface area contributed by atoms with Crippen LogP contribution in [0, 0.1) is 5.82 Å². The highest BCUT2D eigenvalue weighted by atomic mass is 32.2. The number of benzene rings is 2. The van der Waals surface area contributed by atoms with E-state index >= 15 is 0 Å². The molecule has 0 aliphatic heterocycles. The van der Waals surface area contributed by atoms with Crippen molar-refractivity contribution in [3.05, 3.63) is 59.9 Å². The molecule has 2 aromatic rings.